The van der Waals surface area contributed by atoms with Crippen LogP contribution in [0.3, 0.4) is 0 Å². The summed E-state index contributed by atoms with van der Waals surface area (Å²) >= 11 is 0. The van der Waals surface area contributed by atoms with Crippen molar-refractivity contribution in [1.82, 2.24) is 15.3 Å². The first kappa shape index (κ1) is 12.0. The highest BCUT2D eigenvalue weighted by atomic mass is 16.4. The number of aliphatic carboxylic acids is 1. The number of aliphatic hydroxyl groups is 1. The number of aromatic nitrogens is 2. The summed E-state index contributed by atoms with van der Waals surface area (Å²) < 4.78 is 0. The highest BCUT2D eigenvalue weighted by molar-refractivity contribution is 5.94. The molecule has 0 aliphatic heterocycles. The molecule has 1 aromatic heterocycles. The second-order valence-electron chi connectivity index (χ2n) is 3.03. The molecule has 0 aliphatic rings. The van der Waals surface area contributed by atoms with Crippen molar-refractivity contribution in [3.8, 4) is 0 Å². The van der Waals surface area contributed by atoms with Crippen LogP contribution in [0.4, 0.5) is 0 Å². The van der Waals surface area contributed by atoms with Gasteiger partial charge in [0.15, 0.2) is 0 Å². The molecule has 8 nitrogen and oxygen atoms in total. The molecule has 0 spiro atoms. The van der Waals surface area contributed by atoms with Gasteiger partial charge in [-0.05, 0) is 0 Å². The SMILES string of the molecule is O=C(N[C@@H](CCO)C(=O)O)c1c[nH]c(=O)[nH]1. The molecule has 5 N–H and O–H groups in total. The number of nitrogens with one attached hydrogen (secondary N) is 3. The summed E-state index contributed by atoms with van der Waals surface area (Å²) in [4.78, 5) is 37.1. The Balaban J connectivity index is 2.68. The molecule has 1 aromatic rings. The molecule has 0 aromatic carbocycles. The number of carboxylic acids is 1. The van der Waals surface area contributed by atoms with E-state index >= 15 is 0 Å². The van der Waals surface area contributed by atoms with Crippen molar-refractivity contribution in [1.29, 1.82) is 0 Å². The second-order valence-corrected chi connectivity index (χ2v) is 3.03. The van der Waals surface area contributed by atoms with Crippen LogP contribution in [0.25, 0.3) is 0 Å². The van der Waals surface area contributed by atoms with Gasteiger partial charge < -0.3 is 25.5 Å². The van der Waals surface area contributed by atoms with Crippen LogP contribution in [0, 0.1) is 0 Å². The molecule has 8 heteroatoms. The third-order valence-electron chi connectivity index (χ3n) is 1.86. The highest BCUT2D eigenvalue weighted by Crippen LogP contribution is 1.95. The van der Waals surface area contributed by atoms with Gasteiger partial charge in [0, 0.05) is 19.2 Å². The maximum absolute atomic E-state index is 11.4. The number of hydrogen-bond acceptors (Lipinski definition) is 4. The molecular weight excluding hydrogens is 218 g/mol. The second kappa shape index (κ2) is 5.12. The fourth-order valence-corrected chi connectivity index (χ4v) is 1.08. The van der Waals surface area contributed by atoms with Crippen molar-refractivity contribution in [2.75, 3.05) is 6.61 Å². The van der Waals surface area contributed by atoms with Crippen molar-refractivity contribution in [2.24, 2.45) is 0 Å². The van der Waals surface area contributed by atoms with E-state index < -0.39 is 23.6 Å². The number of amides is 1. The van der Waals surface area contributed by atoms with Gasteiger partial charge in [-0.25, -0.2) is 9.59 Å². The van der Waals surface area contributed by atoms with Crippen LogP contribution in [0.2, 0.25) is 0 Å². The van der Waals surface area contributed by atoms with E-state index in [1.165, 1.54) is 0 Å². The normalized spacial score (nSPS) is 12.1. The summed E-state index contributed by atoms with van der Waals surface area (Å²) in [6, 6.07) is -1.18. The summed E-state index contributed by atoms with van der Waals surface area (Å²) in [7, 11) is 0. The van der Waals surface area contributed by atoms with E-state index in [-0.39, 0.29) is 18.7 Å². The van der Waals surface area contributed by atoms with Gasteiger partial charge in [-0.15, -0.1) is 0 Å². The Morgan fingerprint density at radius 2 is 2.19 bits per heavy atom. The lowest BCUT2D eigenvalue weighted by Gasteiger charge is -2.11. The zero-order valence-corrected chi connectivity index (χ0v) is 8.19. The minimum atomic E-state index is -1.25. The number of aromatic amines is 2. The average molecular weight is 229 g/mol. The lowest BCUT2D eigenvalue weighted by molar-refractivity contribution is -0.139. The van der Waals surface area contributed by atoms with Crippen LogP contribution in [-0.2, 0) is 4.79 Å². The Bertz CT molecular complexity index is 435. The number of H-pyrrole nitrogens is 2. The number of carbonyl (C=O) groups is 2. The Hall–Kier alpha value is -2.09. The monoisotopic (exact) mass is 229 g/mol. The highest BCUT2D eigenvalue weighted by Gasteiger charge is 2.20. The molecule has 0 saturated carbocycles. The summed E-state index contributed by atoms with van der Waals surface area (Å²) in [6.07, 6.45) is 1.03. The molecule has 0 bridgehead atoms. The van der Waals surface area contributed by atoms with Crippen LogP contribution in [-0.4, -0.2) is 44.7 Å². The van der Waals surface area contributed by atoms with Gasteiger partial charge in [-0.2, -0.15) is 0 Å². The third kappa shape index (κ3) is 2.95. The smallest absolute Gasteiger partial charge is 0.326 e. The average Bonchev–Trinajstić information content (AvgIpc) is 2.64. The lowest BCUT2D eigenvalue weighted by atomic mass is 10.2. The standard InChI is InChI=1S/C8H11N3O5/c12-2-1-4(7(14)15)10-6(13)5-3-9-8(16)11-5/h3-4,12H,1-2H2,(H,10,13)(H,14,15)(H2,9,11,16)/t4-/m0/s1. The van der Waals surface area contributed by atoms with Gasteiger partial charge in [0.1, 0.15) is 11.7 Å². The molecule has 0 radical (unpaired) electrons. The number of aliphatic hydroxyl groups excluding tert-OH is 1. The Labute approximate surface area is 89.3 Å². The molecule has 1 rings (SSSR count). The lowest BCUT2D eigenvalue weighted by Crippen LogP contribution is -2.41. The van der Waals surface area contributed by atoms with E-state index in [0.29, 0.717) is 0 Å². The first-order valence-corrected chi connectivity index (χ1v) is 4.47. The molecule has 0 unspecified atom stereocenters. The summed E-state index contributed by atoms with van der Waals surface area (Å²) in [5.74, 6) is -1.97. The summed E-state index contributed by atoms with van der Waals surface area (Å²) in [6.45, 7) is -0.360. The molecule has 1 heterocycles. The minimum Gasteiger partial charge on any atom is -0.480 e. The van der Waals surface area contributed by atoms with Crippen molar-refractivity contribution in [3.63, 3.8) is 0 Å². The van der Waals surface area contributed by atoms with Crippen molar-refractivity contribution in [2.45, 2.75) is 12.5 Å². The van der Waals surface area contributed by atoms with Crippen molar-refractivity contribution < 1.29 is 19.8 Å². The van der Waals surface area contributed by atoms with Gasteiger partial charge in [0.2, 0.25) is 0 Å². The molecule has 1 atom stereocenters. The quantitative estimate of drug-likeness (QED) is 0.408. The summed E-state index contributed by atoms with van der Waals surface area (Å²) in [5, 5.41) is 19.5. The van der Waals surface area contributed by atoms with Crippen LogP contribution < -0.4 is 11.0 Å². The van der Waals surface area contributed by atoms with Crippen LogP contribution in [0.1, 0.15) is 16.9 Å². The number of rotatable bonds is 5. The number of carboxylic acid groups (broad SMARTS) is 1. The molecule has 16 heavy (non-hydrogen) atoms. The van der Waals surface area contributed by atoms with Crippen LogP contribution >= 0.6 is 0 Å². The van der Waals surface area contributed by atoms with Gasteiger partial charge in [-0.3, -0.25) is 4.79 Å². The molecule has 0 saturated heterocycles. The molecule has 1 amide bonds. The summed E-state index contributed by atoms with van der Waals surface area (Å²) in [5.41, 5.74) is -0.617. The maximum atomic E-state index is 11.4. The van der Waals surface area contributed by atoms with E-state index in [0.717, 1.165) is 6.20 Å². The zero-order valence-electron chi connectivity index (χ0n) is 8.19. The first-order valence-electron chi connectivity index (χ1n) is 4.47. The van der Waals surface area contributed by atoms with E-state index in [4.69, 9.17) is 10.2 Å². The van der Waals surface area contributed by atoms with Crippen LogP contribution in [0.5, 0.6) is 0 Å². The number of carbonyl (C=O) groups excluding carboxylic acids is 1. The number of imidazole rings is 1. The Kier molecular flexibility index (Phi) is 3.84. The predicted octanol–water partition coefficient (Wildman–Crippen LogP) is -1.73. The predicted molar refractivity (Wildman–Crippen MR) is 52.0 cm³/mol. The fourth-order valence-electron chi connectivity index (χ4n) is 1.08. The van der Waals surface area contributed by atoms with Gasteiger partial charge in [0.25, 0.3) is 5.91 Å². The first-order chi connectivity index (χ1) is 7.54. The van der Waals surface area contributed by atoms with Gasteiger partial charge in [0.05, 0.1) is 0 Å². The van der Waals surface area contributed by atoms with E-state index in [2.05, 4.69) is 15.3 Å². The Morgan fingerprint density at radius 3 is 2.62 bits per heavy atom. The minimum absolute atomic E-state index is 0.0609. The van der Waals surface area contributed by atoms with E-state index in [1.54, 1.807) is 0 Å². The van der Waals surface area contributed by atoms with Crippen LogP contribution in [0.15, 0.2) is 11.0 Å². The number of hydrogen-bond donors (Lipinski definition) is 5. The van der Waals surface area contributed by atoms with Gasteiger partial charge >= 0.3 is 11.7 Å². The third-order valence-corrected chi connectivity index (χ3v) is 1.86. The molecular formula is C8H11N3O5. The molecule has 0 aliphatic carbocycles. The van der Waals surface area contributed by atoms with E-state index in [9.17, 15) is 14.4 Å². The fraction of sp³-hybridized carbons (Fsp3) is 0.375. The largest absolute Gasteiger partial charge is 0.480 e. The van der Waals surface area contributed by atoms with Gasteiger partial charge in [-0.1, -0.05) is 0 Å². The molecule has 88 valence electrons. The Morgan fingerprint density at radius 1 is 1.50 bits per heavy atom. The molecule has 0 fully saturated rings. The van der Waals surface area contributed by atoms with Crippen molar-refractivity contribution in [3.05, 3.63) is 22.4 Å². The zero-order chi connectivity index (χ0) is 12.1. The van der Waals surface area contributed by atoms with E-state index in [1.807, 2.05) is 0 Å². The topological polar surface area (TPSA) is 135 Å². The maximum Gasteiger partial charge on any atom is 0.326 e. The van der Waals surface area contributed by atoms with Crippen molar-refractivity contribution >= 4 is 11.9 Å².